The van der Waals surface area contributed by atoms with E-state index in [1.165, 1.54) is 24.5 Å². The van der Waals surface area contributed by atoms with Crippen LogP contribution in [0.4, 0.5) is 5.69 Å². The van der Waals surface area contributed by atoms with Crippen molar-refractivity contribution in [1.82, 2.24) is 0 Å². The average molecular weight is 339 g/mol. The molecule has 2 N–H and O–H groups in total. The van der Waals surface area contributed by atoms with Crippen molar-refractivity contribution in [3.63, 3.8) is 0 Å². The number of benzene rings is 2. The first kappa shape index (κ1) is 17.0. The van der Waals surface area contributed by atoms with Crippen LogP contribution in [0.25, 0.3) is 0 Å². The molecule has 0 aliphatic heterocycles. The van der Waals surface area contributed by atoms with E-state index >= 15 is 0 Å². The second-order valence-electron chi connectivity index (χ2n) is 6.30. The van der Waals surface area contributed by atoms with E-state index in [9.17, 15) is 9.59 Å². The Morgan fingerprint density at radius 2 is 1.84 bits per heavy atom. The van der Waals surface area contributed by atoms with Gasteiger partial charge < -0.3 is 15.2 Å². The molecule has 1 amide bonds. The molecule has 2 aromatic carbocycles. The van der Waals surface area contributed by atoms with Crippen LogP contribution in [0.3, 0.4) is 0 Å². The van der Waals surface area contributed by atoms with Gasteiger partial charge in [0, 0.05) is 5.69 Å². The molecule has 25 heavy (non-hydrogen) atoms. The van der Waals surface area contributed by atoms with E-state index in [2.05, 4.69) is 17.4 Å². The van der Waals surface area contributed by atoms with Crippen molar-refractivity contribution in [2.75, 3.05) is 5.32 Å². The van der Waals surface area contributed by atoms with Crippen LogP contribution in [0.1, 0.15) is 30.0 Å². The number of carbonyl (C=O) groups is 2. The maximum Gasteiger partial charge on any atom is 0.344 e. The monoisotopic (exact) mass is 339 g/mol. The summed E-state index contributed by atoms with van der Waals surface area (Å²) in [6.07, 6.45) is 2.73. The van der Waals surface area contributed by atoms with Crippen molar-refractivity contribution in [2.45, 2.75) is 38.7 Å². The Labute approximate surface area is 146 Å². The number of fused-ring (bicyclic) bond motifs is 1. The van der Waals surface area contributed by atoms with Gasteiger partial charge in [-0.25, -0.2) is 4.79 Å². The second kappa shape index (κ2) is 7.38. The summed E-state index contributed by atoms with van der Waals surface area (Å²) in [5.41, 5.74) is 4.38. The van der Waals surface area contributed by atoms with Crippen LogP contribution in [0.2, 0.25) is 0 Å². The topological polar surface area (TPSA) is 75.6 Å². The van der Waals surface area contributed by atoms with Crippen molar-refractivity contribution in [3.8, 4) is 5.75 Å². The number of anilines is 1. The predicted molar refractivity (Wildman–Crippen MR) is 95.0 cm³/mol. The molecule has 0 fully saturated rings. The summed E-state index contributed by atoms with van der Waals surface area (Å²) in [7, 11) is 0. The highest BCUT2D eigenvalue weighted by atomic mass is 16.5. The second-order valence-corrected chi connectivity index (χ2v) is 6.30. The molecule has 0 saturated carbocycles. The van der Waals surface area contributed by atoms with Crippen LogP contribution >= 0.6 is 0 Å². The number of hydrogen-bond acceptors (Lipinski definition) is 3. The van der Waals surface area contributed by atoms with E-state index < -0.39 is 12.1 Å². The van der Waals surface area contributed by atoms with E-state index in [-0.39, 0.29) is 12.3 Å². The first-order chi connectivity index (χ1) is 12.0. The van der Waals surface area contributed by atoms with Gasteiger partial charge in [-0.1, -0.05) is 18.2 Å². The van der Waals surface area contributed by atoms with Gasteiger partial charge in [0.25, 0.3) is 0 Å². The molecule has 130 valence electrons. The number of carbonyl (C=O) groups excluding carboxylic acids is 1. The summed E-state index contributed by atoms with van der Waals surface area (Å²) < 4.78 is 5.27. The zero-order chi connectivity index (χ0) is 17.8. The molecule has 3 rings (SSSR count). The van der Waals surface area contributed by atoms with E-state index in [0.29, 0.717) is 5.75 Å². The van der Waals surface area contributed by atoms with Crippen LogP contribution in [0, 0.1) is 0 Å². The van der Waals surface area contributed by atoms with Crippen molar-refractivity contribution in [3.05, 3.63) is 59.2 Å². The molecule has 0 saturated heterocycles. The van der Waals surface area contributed by atoms with Crippen LogP contribution in [-0.4, -0.2) is 23.1 Å². The fourth-order valence-electron chi connectivity index (χ4n) is 2.98. The molecule has 1 aliphatic rings. The largest absolute Gasteiger partial charge is 0.479 e. The third-order valence-electron chi connectivity index (χ3n) is 4.33. The lowest BCUT2D eigenvalue weighted by Gasteiger charge is -2.11. The lowest BCUT2D eigenvalue weighted by Crippen LogP contribution is -2.22. The van der Waals surface area contributed by atoms with Crippen LogP contribution in [0.5, 0.6) is 5.75 Å². The Bertz CT molecular complexity index is 783. The van der Waals surface area contributed by atoms with Crippen molar-refractivity contribution in [1.29, 1.82) is 0 Å². The van der Waals surface area contributed by atoms with Crippen molar-refractivity contribution >= 4 is 17.6 Å². The van der Waals surface area contributed by atoms with E-state index in [0.717, 1.165) is 24.1 Å². The van der Waals surface area contributed by atoms with Gasteiger partial charge in [0.2, 0.25) is 5.91 Å². The molecule has 5 heteroatoms. The molecule has 1 aliphatic carbocycles. The first-order valence-corrected chi connectivity index (χ1v) is 8.41. The number of carboxylic acid groups (broad SMARTS) is 1. The molecule has 1 atom stereocenters. The van der Waals surface area contributed by atoms with E-state index in [1.807, 2.05) is 6.07 Å². The molecule has 2 aromatic rings. The summed E-state index contributed by atoms with van der Waals surface area (Å²) in [5, 5.41) is 11.8. The minimum atomic E-state index is -1.02. The molecule has 0 aromatic heterocycles. The zero-order valence-corrected chi connectivity index (χ0v) is 14.1. The predicted octanol–water partition coefficient (Wildman–Crippen LogP) is 3.21. The summed E-state index contributed by atoms with van der Waals surface area (Å²) in [5.74, 6) is -0.624. The summed E-state index contributed by atoms with van der Waals surface area (Å²) in [6.45, 7) is 1.47. The highest BCUT2D eigenvalue weighted by Crippen LogP contribution is 2.25. The molecule has 5 nitrogen and oxygen atoms in total. The van der Waals surface area contributed by atoms with E-state index in [4.69, 9.17) is 9.84 Å². The van der Waals surface area contributed by atoms with Gasteiger partial charge in [-0.3, -0.25) is 4.79 Å². The quantitative estimate of drug-likeness (QED) is 0.847. The minimum Gasteiger partial charge on any atom is -0.479 e. The number of nitrogens with one attached hydrogen (secondary N) is 1. The van der Waals surface area contributed by atoms with Crippen LogP contribution in [-0.2, 0) is 28.9 Å². The Balaban J connectivity index is 1.56. The van der Waals surface area contributed by atoms with Crippen molar-refractivity contribution < 1.29 is 19.4 Å². The Kier molecular flexibility index (Phi) is 5.03. The smallest absolute Gasteiger partial charge is 0.344 e. The third kappa shape index (κ3) is 4.38. The van der Waals surface area contributed by atoms with Crippen molar-refractivity contribution in [2.24, 2.45) is 0 Å². The maximum atomic E-state index is 12.2. The Morgan fingerprint density at radius 1 is 1.12 bits per heavy atom. The molecular weight excluding hydrogens is 318 g/mol. The van der Waals surface area contributed by atoms with E-state index in [1.54, 1.807) is 24.3 Å². The average Bonchev–Trinajstić information content (AvgIpc) is 3.04. The van der Waals surface area contributed by atoms with Gasteiger partial charge in [-0.05, 0) is 67.1 Å². The fraction of sp³-hybridized carbons (Fsp3) is 0.300. The third-order valence-corrected chi connectivity index (χ3v) is 4.33. The molecular formula is C20H21NO4. The van der Waals surface area contributed by atoms with Gasteiger partial charge >= 0.3 is 5.97 Å². The fourth-order valence-corrected chi connectivity index (χ4v) is 2.98. The SMILES string of the molecule is C[C@@H](Oc1ccc(CC(=O)Nc2ccc3c(c2)CCC3)cc1)C(=O)O. The number of hydrogen-bond donors (Lipinski definition) is 2. The standard InChI is InChI=1S/C20H21NO4/c1-13(20(23)24)25-18-9-5-14(6-10-18)11-19(22)21-17-8-7-15-3-2-4-16(15)12-17/h5-10,12-13H,2-4,11H2,1H3,(H,21,22)(H,23,24)/t13-/m1/s1. The van der Waals surface area contributed by atoms with Crippen LogP contribution in [0.15, 0.2) is 42.5 Å². The van der Waals surface area contributed by atoms with Gasteiger partial charge in [0.05, 0.1) is 6.42 Å². The summed E-state index contributed by atoms with van der Waals surface area (Å²) in [4.78, 5) is 23.0. The maximum absolute atomic E-state index is 12.2. The summed E-state index contributed by atoms with van der Waals surface area (Å²) >= 11 is 0. The van der Waals surface area contributed by atoms with Gasteiger partial charge in [0.15, 0.2) is 6.10 Å². The molecule has 0 radical (unpaired) electrons. The lowest BCUT2D eigenvalue weighted by molar-refractivity contribution is -0.144. The Morgan fingerprint density at radius 3 is 2.56 bits per heavy atom. The first-order valence-electron chi connectivity index (χ1n) is 8.41. The highest BCUT2D eigenvalue weighted by molar-refractivity contribution is 5.92. The number of aryl methyl sites for hydroxylation is 2. The zero-order valence-electron chi connectivity index (χ0n) is 14.1. The number of aliphatic carboxylic acids is 1. The number of ether oxygens (including phenoxy) is 1. The Hall–Kier alpha value is -2.82. The number of amides is 1. The van der Waals surface area contributed by atoms with Gasteiger partial charge in [0.1, 0.15) is 5.75 Å². The van der Waals surface area contributed by atoms with Crippen LogP contribution < -0.4 is 10.1 Å². The summed E-state index contributed by atoms with van der Waals surface area (Å²) in [6, 6.07) is 13.0. The minimum absolute atomic E-state index is 0.0782. The van der Waals surface area contributed by atoms with Gasteiger partial charge in [-0.15, -0.1) is 0 Å². The highest BCUT2D eigenvalue weighted by Gasteiger charge is 2.13. The van der Waals surface area contributed by atoms with Gasteiger partial charge in [-0.2, -0.15) is 0 Å². The lowest BCUT2D eigenvalue weighted by atomic mass is 10.1. The molecule has 0 unspecified atom stereocenters. The molecule has 0 bridgehead atoms. The normalized spacial score (nSPS) is 13.8. The molecule has 0 heterocycles. The number of rotatable bonds is 6. The molecule has 0 spiro atoms. The number of carboxylic acids is 1.